The van der Waals surface area contributed by atoms with Crippen LogP contribution >= 0.6 is 0 Å². The number of nitrogens with zero attached hydrogens (tertiary/aromatic N) is 2. The molecule has 0 aromatic carbocycles. The summed E-state index contributed by atoms with van der Waals surface area (Å²) in [5, 5.41) is 27.6. The molecule has 1 amide bonds. The third-order valence-electron chi connectivity index (χ3n) is 2.85. The molecule has 1 atom stereocenters. The van der Waals surface area contributed by atoms with Crippen LogP contribution in [-0.4, -0.2) is 19.9 Å². The third-order valence-corrected chi connectivity index (χ3v) is 4.57. The zero-order chi connectivity index (χ0) is 14.6. The Kier molecular flexibility index (Phi) is 4.45. The van der Waals surface area contributed by atoms with Crippen molar-refractivity contribution in [3.8, 4) is 12.1 Å². The fraction of sp³-hybridized carbons (Fsp3) is 0.462. The topological polar surface area (TPSA) is 101 Å². The van der Waals surface area contributed by atoms with E-state index >= 15 is 0 Å². The van der Waals surface area contributed by atoms with Crippen molar-refractivity contribution in [2.24, 2.45) is 5.92 Å². The van der Waals surface area contributed by atoms with Gasteiger partial charge in [-0.25, -0.2) is 0 Å². The van der Waals surface area contributed by atoms with E-state index in [1.165, 1.54) is 0 Å². The molecule has 6 heteroatoms. The summed E-state index contributed by atoms with van der Waals surface area (Å²) in [6.07, 6.45) is 0.342. The number of amides is 1. The predicted molar refractivity (Wildman–Crippen MR) is 73.9 cm³/mol. The van der Waals surface area contributed by atoms with Gasteiger partial charge in [0.2, 0.25) is 5.91 Å². The zero-order valence-corrected chi connectivity index (χ0v) is 12.3. The van der Waals surface area contributed by atoms with E-state index in [1.54, 1.807) is 6.07 Å². The van der Waals surface area contributed by atoms with Gasteiger partial charge >= 0.3 is 0 Å². The molecule has 1 unspecified atom stereocenters. The van der Waals surface area contributed by atoms with Crippen molar-refractivity contribution in [1.82, 2.24) is 5.32 Å². The summed E-state index contributed by atoms with van der Waals surface area (Å²) < 4.78 is 0. The smallest absolute Gasteiger partial charge is 0.227 e. The molecule has 5 nitrogen and oxygen atoms in total. The van der Waals surface area contributed by atoms with E-state index in [0.29, 0.717) is 12.0 Å². The maximum Gasteiger partial charge on any atom is 0.227 e. The highest BCUT2D eigenvalue weighted by molar-refractivity contribution is 6.76. The Morgan fingerprint density at radius 2 is 2.11 bits per heavy atom. The first kappa shape index (κ1) is 14.9. The van der Waals surface area contributed by atoms with Crippen LogP contribution in [0.25, 0.3) is 0 Å². The van der Waals surface area contributed by atoms with E-state index in [0.717, 1.165) is 6.04 Å². The number of rotatable bonds is 3. The van der Waals surface area contributed by atoms with Crippen molar-refractivity contribution in [3.63, 3.8) is 0 Å². The fourth-order valence-electron chi connectivity index (χ4n) is 2.11. The summed E-state index contributed by atoms with van der Waals surface area (Å²) in [5.74, 6) is 1.58. The highest BCUT2D eigenvalue weighted by atomic mass is 28.3. The van der Waals surface area contributed by atoms with Crippen molar-refractivity contribution >= 4 is 19.9 Å². The van der Waals surface area contributed by atoms with Gasteiger partial charge in [-0.15, -0.1) is 0 Å². The number of nitrogens with one attached hydrogen (secondary N) is 2. The van der Waals surface area contributed by atoms with Crippen LogP contribution in [0, 0.1) is 34.0 Å². The van der Waals surface area contributed by atoms with Crippen molar-refractivity contribution in [2.45, 2.75) is 32.1 Å². The van der Waals surface area contributed by atoms with Crippen LogP contribution in [0.2, 0.25) is 25.7 Å². The molecule has 1 rings (SSSR count). The second-order valence-corrected chi connectivity index (χ2v) is 11.3. The minimum Gasteiger partial charge on any atom is -0.323 e. The SMILES string of the molecule is C[Si](C)(C)CC1CC(C#N)=C(C(=C=N)C#N)NC1=O. The quantitative estimate of drug-likeness (QED) is 0.466. The molecular weight excluding hydrogens is 256 g/mol. The van der Waals surface area contributed by atoms with Gasteiger partial charge in [-0.2, -0.15) is 10.5 Å². The number of carbonyl (C=O) groups excluding carboxylic acids is 1. The van der Waals surface area contributed by atoms with E-state index in [1.807, 2.05) is 11.9 Å². The second kappa shape index (κ2) is 5.66. The van der Waals surface area contributed by atoms with Crippen LogP contribution in [0.5, 0.6) is 0 Å². The van der Waals surface area contributed by atoms with Gasteiger partial charge in [0, 0.05) is 14.0 Å². The highest BCUT2D eigenvalue weighted by Crippen LogP contribution is 2.29. The first-order valence-corrected chi connectivity index (χ1v) is 9.67. The molecule has 0 aromatic heterocycles. The van der Waals surface area contributed by atoms with Gasteiger partial charge in [0.25, 0.3) is 0 Å². The summed E-state index contributed by atoms with van der Waals surface area (Å²) in [5.41, 5.74) is 0.410. The van der Waals surface area contributed by atoms with Gasteiger partial charge in [0.15, 0.2) is 0 Å². The maximum absolute atomic E-state index is 12.0. The van der Waals surface area contributed by atoms with Gasteiger partial charge in [-0.1, -0.05) is 19.6 Å². The minimum atomic E-state index is -1.41. The number of carbonyl (C=O) groups is 1. The first-order valence-electron chi connectivity index (χ1n) is 5.96. The molecule has 0 radical (unpaired) electrons. The van der Waals surface area contributed by atoms with Crippen LogP contribution in [0.1, 0.15) is 6.42 Å². The molecule has 2 N–H and O–H groups in total. The lowest BCUT2D eigenvalue weighted by atomic mass is 9.93. The third kappa shape index (κ3) is 3.66. The lowest BCUT2D eigenvalue weighted by Crippen LogP contribution is -2.39. The Morgan fingerprint density at radius 3 is 2.53 bits per heavy atom. The van der Waals surface area contributed by atoms with E-state index < -0.39 is 8.07 Å². The van der Waals surface area contributed by atoms with Crippen molar-refractivity contribution in [2.75, 3.05) is 0 Å². The molecule has 0 spiro atoms. The molecule has 0 bridgehead atoms. The summed E-state index contributed by atoms with van der Waals surface area (Å²) >= 11 is 0. The first-order chi connectivity index (χ1) is 8.82. The molecular formula is C13H16N4OSi. The molecule has 1 heterocycles. The van der Waals surface area contributed by atoms with E-state index in [9.17, 15) is 4.79 Å². The van der Waals surface area contributed by atoms with Crippen LogP contribution in [0.15, 0.2) is 16.8 Å². The van der Waals surface area contributed by atoms with Gasteiger partial charge < -0.3 is 5.32 Å². The Labute approximate surface area is 113 Å². The fourth-order valence-corrected chi connectivity index (χ4v) is 3.92. The van der Waals surface area contributed by atoms with E-state index in [4.69, 9.17) is 15.9 Å². The summed E-state index contributed by atoms with van der Waals surface area (Å²) in [6.45, 7) is 6.51. The molecule has 98 valence electrons. The Morgan fingerprint density at radius 1 is 1.47 bits per heavy atom. The number of allylic oxidation sites excluding steroid dienone is 2. The van der Waals surface area contributed by atoms with Crippen molar-refractivity contribution in [1.29, 1.82) is 15.9 Å². The van der Waals surface area contributed by atoms with Crippen molar-refractivity contribution in [3.05, 3.63) is 16.8 Å². The predicted octanol–water partition coefficient (Wildman–Crippen LogP) is 1.94. The number of hydrogen-bond acceptors (Lipinski definition) is 4. The highest BCUT2D eigenvalue weighted by Gasteiger charge is 2.33. The summed E-state index contributed by atoms with van der Waals surface area (Å²) in [6, 6.07) is 4.60. The van der Waals surface area contributed by atoms with Crippen LogP contribution in [0.3, 0.4) is 0 Å². The maximum atomic E-state index is 12.0. The minimum absolute atomic E-state index is 0.101. The average Bonchev–Trinajstić information content (AvgIpc) is 2.32. The van der Waals surface area contributed by atoms with Gasteiger partial charge in [0.05, 0.1) is 17.3 Å². The average molecular weight is 272 g/mol. The van der Waals surface area contributed by atoms with Crippen LogP contribution < -0.4 is 5.32 Å². The Balaban J connectivity index is 3.12. The Bertz CT molecular complexity index is 565. The molecule has 0 fully saturated rings. The largest absolute Gasteiger partial charge is 0.323 e. The van der Waals surface area contributed by atoms with E-state index in [-0.39, 0.29) is 23.1 Å². The summed E-state index contributed by atoms with van der Waals surface area (Å²) in [4.78, 5) is 12.0. The lowest BCUT2D eigenvalue weighted by Gasteiger charge is -2.28. The van der Waals surface area contributed by atoms with Crippen LogP contribution in [-0.2, 0) is 4.79 Å². The number of hydrogen-bond donors (Lipinski definition) is 2. The molecule has 0 saturated heterocycles. The molecule has 0 saturated carbocycles. The Hall–Kier alpha value is -2.14. The normalized spacial score (nSPS) is 19.0. The molecule has 0 aliphatic carbocycles. The summed E-state index contributed by atoms with van der Waals surface area (Å²) in [7, 11) is -1.41. The number of nitriles is 2. The van der Waals surface area contributed by atoms with Crippen LogP contribution in [0.4, 0.5) is 0 Å². The van der Waals surface area contributed by atoms with Gasteiger partial charge in [-0.05, 0) is 18.3 Å². The molecule has 19 heavy (non-hydrogen) atoms. The van der Waals surface area contributed by atoms with Gasteiger partial charge in [0.1, 0.15) is 11.6 Å². The van der Waals surface area contributed by atoms with Gasteiger partial charge in [-0.3, -0.25) is 10.2 Å². The molecule has 1 aliphatic rings. The van der Waals surface area contributed by atoms with Crippen molar-refractivity contribution < 1.29 is 4.79 Å². The van der Waals surface area contributed by atoms with E-state index in [2.05, 4.69) is 25.0 Å². The standard InChI is InChI=1S/C13H16N4OSi/c1-19(2,3)8-10-4-9(5-14)12(17-13(10)18)11(6-15)7-16/h10,15H,4,8H2,1-3H3,(H,17,18). The lowest BCUT2D eigenvalue weighted by molar-refractivity contribution is -0.124. The molecule has 0 aromatic rings. The zero-order valence-electron chi connectivity index (χ0n) is 11.3. The molecule has 1 aliphatic heterocycles. The monoisotopic (exact) mass is 272 g/mol. The second-order valence-electron chi connectivity index (χ2n) is 5.73.